The van der Waals surface area contributed by atoms with E-state index in [0.717, 1.165) is 16.7 Å². The lowest BCUT2D eigenvalue weighted by molar-refractivity contribution is -0.167. The Kier molecular flexibility index (Phi) is 9.45. The number of carbonyl (C=O) groups excluding carboxylic acids is 3. The Morgan fingerprint density at radius 3 is 2.09 bits per heavy atom. The van der Waals surface area contributed by atoms with E-state index >= 15 is 0 Å². The molecule has 0 aliphatic heterocycles. The maximum atomic E-state index is 12.4. The Labute approximate surface area is 195 Å². The van der Waals surface area contributed by atoms with Gasteiger partial charge in [-0.3, -0.25) is 4.79 Å². The lowest BCUT2D eigenvalue weighted by Gasteiger charge is -2.26. The smallest absolute Gasteiger partial charge is 0.407 e. The summed E-state index contributed by atoms with van der Waals surface area (Å²) in [6.45, 7) is 8.36. The second kappa shape index (κ2) is 12.0. The van der Waals surface area contributed by atoms with Crippen LogP contribution in [-0.2, 0) is 30.2 Å². The minimum Gasteiger partial charge on any atom is -0.463 e. The summed E-state index contributed by atoms with van der Waals surface area (Å²) in [6.07, 6.45) is -1.28. The van der Waals surface area contributed by atoms with Crippen LogP contribution in [0.25, 0.3) is 11.1 Å². The number of nitrogens with one attached hydrogen (secondary N) is 1. The molecule has 7 heteroatoms. The molecule has 0 aliphatic carbocycles. The van der Waals surface area contributed by atoms with Gasteiger partial charge in [-0.2, -0.15) is 0 Å². The van der Waals surface area contributed by atoms with Gasteiger partial charge in [0.25, 0.3) is 0 Å². The first-order valence-electron chi connectivity index (χ1n) is 11.0. The summed E-state index contributed by atoms with van der Waals surface area (Å²) in [6, 6.07) is 17.4. The third-order valence-corrected chi connectivity index (χ3v) is 4.62. The summed E-state index contributed by atoms with van der Waals surface area (Å²) in [7, 11) is 0. The van der Waals surface area contributed by atoms with E-state index in [1.807, 2.05) is 54.6 Å². The molecule has 0 saturated carbocycles. The Morgan fingerprint density at radius 1 is 0.939 bits per heavy atom. The van der Waals surface area contributed by atoms with Gasteiger partial charge in [0, 0.05) is 19.4 Å². The largest absolute Gasteiger partial charge is 0.463 e. The Morgan fingerprint density at radius 2 is 1.55 bits per heavy atom. The highest BCUT2D eigenvalue weighted by Gasteiger charge is 2.29. The fourth-order valence-electron chi connectivity index (χ4n) is 3.30. The minimum absolute atomic E-state index is 0.0537. The maximum Gasteiger partial charge on any atom is 0.407 e. The lowest BCUT2D eigenvalue weighted by atomic mass is 9.98. The highest BCUT2D eigenvalue weighted by atomic mass is 16.6. The van der Waals surface area contributed by atoms with Crippen LogP contribution < -0.4 is 5.32 Å². The molecule has 0 spiro atoms. The Hall–Kier alpha value is -3.35. The van der Waals surface area contributed by atoms with Gasteiger partial charge in [0.2, 0.25) is 6.10 Å². The first-order chi connectivity index (χ1) is 15.6. The van der Waals surface area contributed by atoms with Crippen LogP contribution in [0.2, 0.25) is 0 Å². The Bertz CT molecular complexity index is 918. The molecule has 0 fully saturated rings. The van der Waals surface area contributed by atoms with Gasteiger partial charge in [-0.1, -0.05) is 54.6 Å². The van der Waals surface area contributed by atoms with Crippen LogP contribution in [0.4, 0.5) is 4.79 Å². The zero-order valence-corrected chi connectivity index (χ0v) is 19.9. The van der Waals surface area contributed by atoms with Crippen molar-refractivity contribution in [3.63, 3.8) is 0 Å². The van der Waals surface area contributed by atoms with Crippen molar-refractivity contribution < 1.29 is 28.6 Å². The molecule has 0 aromatic heterocycles. The van der Waals surface area contributed by atoms with Gasteiger partial charge >= 0.3 is 18.0 Å². The van der Waals surface area contributed by atoms with Gasteiger partial charge in [-0.05, 0) is 50.8 Å². The zero-order chi connectivity index (χ0) is 24.4. The van der Waals surface area contributed by atoms with E-state index < -0.39 is 35.8 Å². The molecule has 178 valence electrons. The number of hydrogen-bond acceptors (Lipinski definition) is 6. The highest BCUT2D eigenvalue weighted by Crippen LogP contribution is 2.21. The van der Waals surface area contributed by atoms with Gasteiger partial charge in [-0.15, -0.1) is 0 Å². The molecule has 2 aromatic carbocycles. The van der Waals surface area contributed by atoms with E-state index in [1.54, 1.807) is 27.7 Å². The highest BCUT2D eigenvalue weighted by molar-refractivity contribution is 5.78. The van der Waals surface area contributed by atoms with E-state index in [2.05, 4.69) is 5.32 Å². The average Bonchev–Trinajstić information content (AvgIpc) is 2.73. The predicted molar refractivity (Wildman–Crippen MR) is 126 cm³/mol. The van der Waals surface area contributed by atoms with Gasteiger partial charge in [0.05, 0.1) is 6.61 Å². The monoisotopic (exact) mass is 455 g/mol. The fourth-order valence-corrected chi connectivity index (χ4v) is 3.30. The number of benzene rings is 2. The summed E-state index contributed by atoms with van der Waals surface area (Å²) < 4.78 is 15.6. The second-order valence-electron chi connectivity index (χ2n) is 8.70. The first-order valence-corrected chi connectivity index (χ1v) is 11.0. The first kappa shape index (κ1) is 25.9. The molecule has 2 aromatic rings. The van der Waals surface area contributed by atoms with Gasteiger partial charge < -0.3 is 19.5 Å². The van der Waals surface area contributed by atoms with Crippen molar-refractivity contribution in [1.29, 1.82) is 0 Å². The second-order valence-corrected chi connectivity index (χ2v) is 8.70. The summed E-state index contributed by atoms with van der Waals surface area (Å²) in [5.41, 5.74) is 2.44. The average molecular weight is 456 g/mol. The third kappa shape index (κ3) is 9.35. The molecular formula is C26H33NO6. The number of esters is 2. The van der Waals surface area contributed by atoms with Crippen molar-refractivity contribution in [2.45, 2.75) is 65.2 Å². The van der Waals surface area contributed by atoms with E-state index in [9.17, 15) is 14.4 Å². The van der Waals surface area contributed by atoms with Crippen molar-refractivity contribution in [3.05, 3.63) is 60.2 Å². The molecule has 2 rings (SSSR count). The molecule has 1 unspecified atom stereocenters. The quantitative estimate of drug-likeness (QED) is 0.436. The SMILES string of the molecule is CCOC(=O)C(C[C@@H](Cc1ccc(-c2ccccc2)cc1)NC(=O)OC(C)(C)C)OC(C)=O. The van der Waals surface area contributed by atoms with E-state index in [4.69, 9.17) is 14.2 Å². The summed E-state index contributed by atoms with van der Waals surface area (Å²) in [4.78, 5) is 36.3. The van der Waals surface area contributed by atoms with Crippen LogP contribution in [0, 0.1) is 0 Å². The van der Waals surface area contributed by atoms with Crippen LogP contribution in [0.3, 0.4) is 0 Å². The minimum atomic E-state index is -1.13. The Balaban J connectivity index is 2.20. The molecule has 0 aliphatic rings. The molecule has 33 heavy (non-hydrogen) atoms. The van der Waals surface area contributed by atoms with Gasteiger partial charge in [0.1, 0.15) is 5.60 Å². The van der Waals surface area contributed by atoms with Crippen molar-refractivity contribution in [2.24, 2.45) is 0 Å². The van der Waals surface area contributed by atoms with Gasteiger partial charge in [-0.25, -0.2) is 9.59 Å². The van der Waals surface area contributed by atoms with Crippen molar-refractivity contribution in [3.8, 4) is 11.1 Å². The lowest BCUT2D eigenvalue weighted by Crippen LogP contribution is -2.44. The number of ether oxygens (including phenoxy) is 3. The number of amides is 1. The summed E-state index contributed by atoms with van der Waals surface area (Å²) in [5.74, 6) is -1.25. The number of carbonyl (C=O) groups is 3. The van der Waals surface area contributed by atoms with Crippen LogP contribution in [0.15, 0.2) is 54.6 Å². The molecule has 1 amide bonds. The standard InChI is InChI=1S/C26H33NO6/c1-6-31-24(29)23(32-18(2)28)17-22(27-25(30)33-26(3,4)5)16-19-12-14-21(15-13-19)20-10-8-7-9-11-20/h7-15,22-23H,6,16-17H2,1-5H3,(H,27,30)/t22-,23?/m1/s1. The molecular weight excluding hydrogens is 422 g/mol. The van der Waals surface area contributed by atoms with Crippen molar-refractivity contribution in [2.75, 3.05) is 6.61 Å². The summed E-state index contributed by atoms with van der Waals surface area (Å²) >= 11 is 0. The van der Waals surface area contributed by atoms with Crippen molar-refractivity contribution in [1.82, 2.24) is 5.32 Å². The molecule has 2 atom stereocenters. The molecule has 0 saturated heterocycles. The molecule has 1 N–H and O–H groups in total. The number of hydrogen-bond donors (Lipinski definition) is 1. The van der Waals surface area contributed by atoms with E-state index in [0.29, 0.717) is 6.42 Å². The number of alkyl carbamates (subject to hydrolysis) is 1. The molecule has 0 heterocycles. The fraction of sp³-hybridized carbons (Fsp3) is 0.423. The van der Waals surface area contributed by atoms with E-state index in [-0.39, 0.29) is 13.0 Å². The molecule has 0 bridgehead atoms. The summed E-state index contributed by atoms with van der Waals surface area (Å²) in [5, 5.41) is 2.81. The predicted octanol–water partition coefficient (Wildman–Crippen LogP) is 4.67. The zero-order valence-electron chi connectivity index (χ0n) is 19.9. The van der Waals surface area contributed by atoms with Crippen LogP contribution in [0.5, 0.6) is 0 Å². The number of rotatable bonds is 9. The van der Waals surface area contributed by atoms with Crippen molar-refractivity contribution >= 4 is 18.0 Å². The normalized spacial score (nSPS) is 12.9. The van der Waals surface area contributed by atoms with E-state index in [1.165, 1.54) is 6.92 Å². The topological polar surface area (TPSA) is 90.9 Å². The maximum absolute atomic E-state index is 12.4. The van der Waals surface area contributed by atoms with Gasteiger partial charge in [0.15, 0.2) is 0 Å². The van der Waals surface area contributed by atoms with Crippen LogP contribution >= 0.6 is 0 Å². The molecule has 7 nitrogen and oxygen atoms in total. The molecule has 0 radical (unpaired) electrons. The van der Waals surface area contributed by atoms with Crippen LogP contribution in [-0.4, -0.2) is 42.4 Å². The van der Waals surface area contributed by atoms with Crippen LogP contribution in [0.1, 0.15) is 46.6 Å². The third-order valence-electron chi connectivity index (χ3n) is 4.62.